The van der Waals surface area contributed by atoms with E-state index in [1.807, 2.05) is 61.5 Å². The monoisotopic (exact) mass is 296 g/mol. The zero-order chi connectivity index (χ0) is 15.5. The number of aromatic nitrogens is 2. The molecule has 112 valence electrons. The van der Waals surface area contributed by atoms with E-state index < -0.39 is 11.9 Å². The zero-order valence-electron chi connectivity index (χ0n) is 12.1. The number of hydrogen-bond acceptors (Lipinski definition) is 4. The Bertz CT molecular complexity index is 804. The lowest BCUT2D eigenvalue weighted by Crippen LogP contribution is -2.20. The fourth-order valence-electron chi connectivity index (χ4n) is 2.18. The van der Waals surface area contributed by atoms with Crippen LogP contribution >= 0.6 is 0 Å². The van der Waals surface area contributed by atoms with Crippen LogP contribution in [0.15, 0.2) is 63.8 Å². The van der Waals surface area contributed by atoms with Crippen LogP contribution in [0.5, 0.6) is 0 Å². The van der Waals surface area contributed by atoms with Gasteiger partial charge in [-0.1, -0.05) is 48.0 Å². The summed E-state index contributed by atoms with van der Waals surface area (Å²) in [5, 5.41) is 14.4. The molecule has 22 heavy (non-hydrogen) atoms. The van der Waals surface area contributed by atoms with E-state index in [2.05, 4.69) is 5.10 Å². The molecular formula is C17H16N2O3. The summed E-state index contributed by atoms with van der Waals surface area (Å²) >= 11 is 0. The molecule has 1 aromatic heterocycles. The maximum absolute atomic E-state index is 11.9. The molecule has 5 heteroatoms. The summed E-state index contributed by atoms with van der Waals surface area (Å²) in [6.07, 6.45) is -0.813. The molecule has 0 amide bonds. The highest BCUT2D eigenvalue weighted by Crippen LogP contribution is 2.17. The third-order valence-electron chi connectivity index (χ3n) is 3.44. The second kappa shape index (κ2) is 5.99. The summed E-state index contributed by atoms with van der Waals surface area (Å²) < 4.78 is 6.29. The molecule has 2 aromatic carbocycles. The summed E-state index contributed by atoms with van der Waals surface area (Å²) in [6, 6.07) is 16.7. The van der Waals surface area contributed by atoms with Crippen LogP contribution in [0.3, 0.4) is 0 Å². The van der Waals surface area contributed by atoms with Gasteiger partial charge < -0.3 is 9.52 Å². The molecule has 0 bridgehead atoms. The minimum atomic E-state index is -0.813. The van der Waals surface area contributed by atoms with Crippen molar-refractivity contribution in [3.05, 3.63) is 76.3 Å². The van der Waals surface area contributed by atoms with E-state index in [9.17, 15) is 9.90 Å². The molecule has 0 fully saturated rings. The molecule has 5 nitrogen and oxygen atoms in total. The molecule has 0 saturated heterocycles. The normalized spacial score (nSPS) is 12.3. The molecule has 0 aliphatic rings. The highest BCUT2D eigenvalue weighted by Gasteiger charge is 2.14. The van der Waals surface area contributed by atoms with Crippen molar-refractivity contribution in [3.63, 3.8) is 0 Å². The Morgan fingerprint density at radius 1 is 1.14 bits per heavy atom. The van der Waals surface area contributed by atoms with Crippen LogP contribution in [0.4, 0.5) is 0 Å². The van der Waals surface area contributed by atoms with Crippen LogP contribution in [-0.4, -0.2) is 14.9 Å². The summed E-state index contributed by atoms with van der Waals surface area (Å²) in [5.74, 6) is -0.327. The van der Waals surface area contributed by atoms with Gasteiger partial charge in [-0.2, -0.15) is 4.68 Å². The van der Waals surface area contributed by atoms with Crippen LogP contribution < -0.4 is 5.76 Å². The third-order valence-corrected chi connectivity index (χ3v) is 3.44. The van der Waals surface area contributed by atoms with Crippen LogP contribution in [0, 0.1) is 6.92 Å². The molecule has 1 N–H and O–H groups in total. The minimum absolute atomic E-state index is 0.0538. The Balaban J connectivity index is 1.82. The molecule has 1 heterocycles. The van der Waals surface area contributed by atoms with Gasteiger partial charge in [-0.3, -0.25) is 0 Å². The second-order valence-electron chi connectivity index (χ2n) is 5.15. The summed E-state index contributed by atoms with van der Waals surface area (Å²) in [4.78, 5) is 11.9. The van der Waals surface area contributed by atoms with E-state index in [4.69, 9.17) is 4.42 Å². The summed E-state index contributed by atoms with van der Waals surface area (Å²) in [6.45, 7) is 2.03. The first kappa shape index (κ1) is 14.3. The third kappa shape index (κ3) is 2.99. The standard InChI is InChI=1S/C17H16N2O3/c1-12-7-9-13(10-8-12)15(20)11-19-17(21)22-16(18-19)14-5-3-2-4-6-14/h2-10,15,20H,11H2,1H3. The van der Waals surface area contributed by atoms with Crippen molar-refractivity contribution in [2.24, 2.45) is 0 Å². The van der Waals surface area contributed by atoms with Gasteiger partial charge in [-0.05, 0) is 24.6 Å². The Labute approximate surface area is 127 Å². The Morgan fingerprint density at radius 2 is 1.82 bits per heavy atom. The lowest BCUT2D eigenvalue weighted by atomic mass is 10.1. The van der Waals surface area contributed by atoms with Crippen molar-refractivity contribution in [2.45, 2.75) is 19.6 Å². The average molecular weight is 296 g/mol. The highest BCUT2D eigenvalue weighted by atomic mass is 16.4. The van der Waals surface area contributed by atoms with E-state index >= 15 is 0 Å². The SMILES string of the molecule is Cc1ccc(C(O)Cn2nc(-c3ccccc3)oc2=O)cc1. The maximum Gasteiger partial charge on any atom is 0.437 e. The van der Waals surface area contributed by atoms with E-state index in [0.717, 1.165) is 21.4 Å². The van der Waals surface area contributed by atoms with Crippen LogP contribution in [-0.2, 0) is 6.54 Å². The van der Waals surface area contributed by atoms with Gasteiger partial charge in [0, 0.05) is 5.56 Å². The summed E-state index contributed by atoms with van der Waals surface area (Å²) in [7, 11) is 0. The van der Waals surface area contributed by atoms with Crippen LogP contribution in [0.2, 0.25) is 0 Å². The first-order valence-electron chi connectivity index (χ1n) is 7.01. The predicted octanol–water partition coefficient (Wildman–Crippen LogP) is 2.55. The average Bonchev–Trinajstić information content (AvgIpc) is 2.90. The largest absolute Gasteiger partial charge is 0.437 e. The molecule has 1 unspecified atom stereocenters. The molecule has 3 rings (SSSR count). The fourth-order valence-corrected chi connectivity index (χ4v) is 2.18. The molecule has 0 saturated carbocycles. The van der Waals surface area contributed by atoms with Crippen molar-refractivity contribution in [1.82, 2.24) is 9.78 Å². The Hall–Kier alpha value is -2.66. The number of aliphatic hydroxyl groups is 1. The number of benzene rings is 2. The minimum Gasteiger partial charge on any atom is -0.388 e. The quantitative estimate of drug-likeness (QED) is 0.803. The van der Waals surface area contributed by atoms with Gasteiger partial charge in [0.2, 0.25) is 5.89 Å². The Kier molecular flexibility index (Phi) is 3.89. The fraction of sp³-hybridized carbons (Fsp3) is 0.176. The van der Waals surface area contributed by atoms with Gasteiger partial charge in [0.15, 0.2) is 0 Å². The molecule has 1 atom stereocenters. The lowest BCUT2D eigenvalue weighted by molar-refractivity contribution is 0.148. The van der Waals surface area contributed by atoms with Gasteiger partial charge in [0.25, 0.3) is 0 Å². The van der Waals surface area contributed by atoms with Crippen molar-refractivity contribution >= 4 is 0 Å². The van der Waals surface area contributed by atoms with Gasteiger partial charge >= 0.3 is 5.76 Å². The number of aryl methyl sites for hydroxylation is 1. The molecule has 3 aromatic rings. The van der Waals surface area contributed by atoms with Crippen LogP contribution in [0.25, 0.3) is 11.5 Å². The van der Waals surface area contributed by atoms with Crippen molar-refractivity contribution < 1.29 is 9.52 Å². The van der Waals surface area contributed by atoms with E-state index in [-0.39, 0.29) is 12.4 Å². The number of nitrogens with zero attached hydrogens (tertiary/aromatic N) is 2. The van der Waals surface area contributed by atoms with Gasteiger partial charge in [-0.15, -0.1) is 5.10 Å². The second-order valence-corrected chi connectivity index (χ2v) is 5.15. The lowest BCUT2D eigenvalue weighted by Gasteiger charge is -2.09. The van der Waals surface area contributed by atoms with Crippen LogP contribution in [0.1, 0.15) is 17.2 Å². The zero-order valence-corrected chi connectivity index (χ0v) is 12.1. The topological polar surface area (TPSA) is 68.3 Å². The highest BCUT2D eigenvalue weighted by molar-refractivity contribution is 5.51. The predicted molar refractivity (Wildman–Crippen MR) is 82.3 cm³/mol. The molecule has 0 spiro atoms. The van der Waals surface area contributed by atoms with E-state index in [1.54, 1.807) is 0 Å². The Morgan fingerprint density at radius 3 is 2.50 bits per heavy atom. The molecule has 0 radical (unpaired) electrons. The first-order valence-corrected chi connectivity index (χ1v) is 7.01. The molecular weight excluding hydrogens is 280 g/mol. The molecule has 0 aliphatic heterocycles. The van der Waals surface area contributed by atoms with E-state index in [1.165, 1.54) is 0 Å². The van der Waals surface area contributed by atoms with Gasteiger partial charge in [-0.25, -0.2) is 4.79 Å². The first-order chi connectivity index (χ1) is 10.6. The van der Waals surface area contributed by atoms with Crippen molar-refractivity contribution in [2.75, 3.05) is 0 Å². The molecule has 0 aliphatic carbocycles. The van der Waals surface area contributed by atoms with Crippen molar-refractivity contribution in [3.8, 4) is 11.5 Å². The maximum atomic E-state index is 11.9. The van der Waals surface area contributed by atoms with Gasteiger partial charge in [0.05, 0.1) is 12.6 Å². The number of rotatable bonds is 4. The van der Waals surface area contributed by atoms with Gasteiger partial charge in [0.1, 0.15) is 0 Å². The van der Waals surface area contributed by atoms with Crippen molar-refractivity contribution in [1.29, 1.82) is 0 Å². The smallest absolute Gasteiger partial charge is 0.388 e. The number of hydrogen-bond donors (Lipinski definition) is 1. The van der Waals surface area contributed by atoms with E-state index in [0.29, 0.717) is 0 Å². The summed E-state index contributed by atoms with van der Waals surface area (Å²) in [5.41, 5.74) is 2.57. The number of aliphatic hydroxyl groups excluding tert-OH is 1.